The third kappa shape index (κ3) is 2.10. The van der Waals surface area contributed by atoms with Crippen LogP contribution in [-0.2, 0) is 4.79 Å². The Kier molecular flexibility index (Phi) is 3.06. The van der Waals surface area contributed by atoms with E-state index in [1.54, 1.807) is 0 Å². The minimum absolute atomic E-state index is 0.145. The maximum Gasteiger partial charge on any atom is 0.239 e. The van der Waals surface area contributed by atoms with Crippen molar-refractivity contribution in [3.63, 3.8) is 0 Å². The second-order valence-corrected chi connectivity index (χ2v) is 7.30. The highest BCUT2D eigenvalue weighted by molar-refractivity contribution is 5.82. The molecule has 0 radical (unpaired) electrons. The Balaban J connectivity index is 1.39. The maximum absolute atomic E-state index is 12.7. The molecule has 2 saturated heterocycles. The highest BCUT2D eigenvalue weighted by Crippen LogP contribution is 2.39. The molecule has 0 aromatic carbocycles. The molecule has 0 bridgehead atoms. The molecule has 4 rings (SSSR count). The zero-order valence-corrected chi connectivity index (χ0v) is 11.8. The Hall–Kier alpha value is -0.570. The topological polar surface area (TPSA) is 32.3 Å². The van der Waals surface area contributed by atoms with Gasteiger partial charge < -0.3 is 10.2 Å². The summed E-state index contributed by atoms with van der Waals surface area (Å²) < 4.78 is 0. The van der Waals surface area contributed by atoms with Gasteiger partial charge in [0.1, 0.15) is 0 Å². The number of carbonyl (C=O) groups excluding carboxylic acids is 1. The van der Waals surface area contributed by atoms with Gasteiger partial charge in [-0.3, -0.25) is 4.79 Å². The molecule has 0 aromatic rings. The van der Waals surface area contributed by atoms with Crippen molar-refractivity contribution in [1.29, 1.82) is 0 Å². The molecule has 0 aromatic heterocycles. The van der Waals surface area contributed by atoms with Crippen LogP contribution in [0.25, 0.3) is 0 Å². The third-order valence-electron chi connectivity index (χ3n) is 6.20. The lowest BCUT2D eigenvalue weighted by molar-refractivity contribution is -0.132. The molecule has 1 amide bonds. The number of amides is 1. The van der Waals surface area contributed by atoms with E-state index in [0.29, 0.717) is 11.9 Å². The van der Waals surface area contributed by atoms with Crippen molar-refractivity contribution in [2.45, 2.75) is 63.5 Å². The molecule has 1 N–H and O–H groups in total. The summed E-state index contributed by atoms with van der Waals surface area (Å²) in [4.78, 5) is 14.9. The van der Waals surface area contributed by atoms with Gasteiger partial charge >= 0.3 is 0 Å². The molecule has 2 saturated carbocycles. The number of likely N-dealkylation sites (tertiary alicyclic amines) is 1. The normalized spacial score (nSPS) is 45.3. The monoisotopic (exact) mass is 262 g/mol. The molecule has 5 unspecified atom stereocenters. The van der Waals surface area contributed by atoms with Crippen LogP contribution in [0.5, 0.6) is 0 Å². The van der Waals surface area contributed by atoms with E-state index in [1.165, 1.54) is 44.9 Å². The van der Waals surface area contributed by atoms with Gasteiger partial charge in [0.15, 0.2) is 0 Å². The van der Waals surface area contributed by atoms with E-state index in [1.807, 2.05) is 0 Å². The van der Waals surface area contributed by atoms with E-state index in [0.717, 1.165) is 37.3 Å². The van der Waals surface area contributed by atoms with E-state index in [-0.39, 0.29) is 6.04 Å². The first-order valence-corrected chi connectivity index (χ1v) is 8.36. The van der Waals surface area contributed by atoms with E-state index in [9.17, 15) is 4.79 Å². The van der Waals surface area contributed by atoms with Crippen molar-refractivity contribution in [2.75, 3.05) is 13.1 Å². The Labute approximate surface area is 116 Å². The minimum atomic E-state index is 0.145. The van der Waals surface area contributed by atoms with Crippen LogP contribution >= 0.6 is 0 Å². The average molecular weight is 262 g/mol. The molecule has 2 aliphatic carbocycles. The van der Waals surface area contributed by atoms with Crippen LogP contribution in [0.3, 0.4) is 0 Å². The van der Waals surface area contributed by atoms with Crippen LogP contribution in [0.15, 0.2) is 0 Å². The molecule has 2 heterocycles. The summed E-state index contributed by atoms with van der Waals surface area (Å²) in [6, 6.07) is 0.789. The average Bonchev–Trinajstić information content (AvgIpc) is 3.10. The molecule has 0 spiro atoms. The Morgan fingerprint density at radius 1 is 0.895 bits per heavy atom. The summed E-state index contributed by atoms with van der Waals surface area (Å²) in [6.45, 7) is 2.11. The van der Waals surface area contributed by atoms with Gasteiger partial charge in [0, 0.05) is 19.1 Å². The molecule has 3 heteroatoms. The highest BCUT2D eigenvalue weighted by atomic mass is 16.2. The second-order valence-electron chi connectivity index (χ2n) is 7.30. The summed E-state index contributed by atoms with van der Waals surface area (Å²) in [5.74, 6) is 2.86. The Bertz CT molecular complexity index is 344. The predicted octanol–water partition coefficient (Wildman–Crippen LogP) is 2.17. The molecular weight excluding hydrogens is 236 g/mol. The van der Waals surface area contributed by atoms with Crippen LogP contribution in [0.2, 0.25) is 0 Å². The fourth-order valence-corrected chi connectivity index (χ4v) is 5.15. The lowest BCUT2D eigenvalue weighted by Crippen LogP contribution is -2.44. The van der Waals surface area contributed by atoms with Gasteiger partial charge in [0.25, 0.3) is 0 Å². The van der Waals surface area contributed by atoms with Crippen molar-refractivity contribution in [2.24, 2.45) is 17.8 Å². The van der Waals surface area contributed by atoms with Crippen molar-refractivity contribution in [3.05, 3.63) is 0 Å². The quantitative estimate of drug-likeness (QED) is 0.785. The molecular formula is C16H26N2O. The fourth-order valence-electron chi connectivity index (χ4n) is 5.15. The van der Waals surface area contributed by atoms with Crippen LogP contribution in [0.4, 0.5) is 0 Å². The molecule has 106 valence electrons. The van der Waals surface area contributed by atoms with Gasteiger partial charge in [0.05, 0.1) is 6.04 Å². The predicted molar refractivity (Wildman–Crippen MR) is 74.7 cm³/mol. The smallest absolute Gasteiger partial charge is 0.239 e. The lowest BCUT2D eigenvalue weighted by atomic mass is 9.85. The summed E-state index contributed by atoms with van der Waals surface area (Å²) in [5.41, 5.74) is 0. The number of nitrogens with zero attached hydrogens (tertiary/aromatic N) is 1. The standard InChI is InChI=1S/C16H26N2O/c19-16(18-9-12-5-3-6-13(12)10-18)15-8-11-4-1-2-7-14(11)17-15/h11-15,17H,1-10H2. The number of hydrogen-bond donors (Lipinski definition) is 1. The van der Waals surface area contributed by atoms with Gasteiger partial charge in [-0.1, -0.05) is 19.3 Å². The molecule has 2 aliphatic heterocycles. The summed E-state index contributed by atoms with van der Waals surface area (Å²) >= 11 is 0. The number of hydrogen-bond acceptors (Lipinski definition) is 2. The van der Waals surface area contributed by atoms with Crippen LogP contribution in [0, 0.1) is 17.8 Å². The van der Waals surface area contributed by atoms with Crippen molar-refractivity contribution < 1.29 is 4.79 Å². The maximum atomic E-state index is 12.7. The summed E-state index contributed by atoms with van der Waals surface area (Å²) in [6.07, 6.45) is 10.6. The van der Waals surface area contributed by atoms with Gasteiger partial charge in [0.2, 0.25) is 5.91 Å². The largest absolute Gasteiger partial charge is 0.341 e. The summed E-state index contributed by atoms with van der Waals surface area (Å²) in [5, 5.41) is 3.64. The van der Waals surface area contributed by atoms with Gasteiger partial charge in [-0.2, -0.15) is 0 Å². The molecule has 4 fully saturated rings. The third-order valence-corrected chi connectivity index (χ3v) is 6.20. The summed E-state index contributed by atoms with van der Waals surface area (Å²) in [7, 11) is 0. The van der Waals surface area contributed by atoms with E-state index >= 15 is 0 Å². The molecule has 4 aliphatic rings. The van der Waals surface area contributed by atoms with Gasteiger partial charge in [-0.15, -0.1) is 0 Å². The SMILES string of the molecule is O=C(C1CC2CCCCC2N1)N1CC2CCCC2C1. The van der Waals surface area contributed by atoms with Gasteiger partial charge in [-0.25, -0.2) is 0 Å². The molecule has 19 heavy (non-hydrogen) atoms. The Morgan fingerprint density at radius 3 is 2.32 bits per heavy atom. The number of nitrogens with one attached hydrogen (secondary N) is 1. The van der Waals surface area contributed by atoms with Crippen LogP contribution < -0.4 is 5.32 Å². The highest BCUT2D eigenvalue weighted by Gasteiger charge is 2.43. The van der Waals surface area contributed by atoms with E-state index in [2.05, 4.69) is 10.2 Å². The molecule has 3 nitrogen and oxygen atoms in total. The molecule has 5 atom stereocenters. The van der Waals surface area contributed by atoms with Gasteiger partial charge in [-0.05, 0) is 49.9 Å². The van der Waals surface area contributed by atoms with Crippen molar-refractivity contribution >= 4 is 5.91 Å². The van der Waals surface area contributed by atoms with Crippen LogP contribution in [0.1, 0.15) is 51.4 Å². The van der Waals surface area contributed by atoms with Crippen molar-refractivity contribution in [1.82, 2.24) is 10.2 Å². The van der Waals surface area contributed by atoms with Crippen LogP contribution in [-0.4, -0.2) is 36.0 Å². The van der Waals surface area contributed by atoms with Crippen molar-refractivity contribution in [3.8, 4) is 0 Å². The zero-order chi connectivity index (χ0) is 12.8. The first-order chi connectivity index (χ1) is 9.31. The number of rotatable bonds is 1. The van der Waals surface area contributed by atoms with E-state index < -0.39 is 0 Å². The van der Waals surface area contributed by atoms with E-state index in [4.69, 9.17) is 0 Å². The number of fused-ring (bicyclic) bond motifs is 2. The second kappa shape index (κ2) is 4.76. The zero-order valence-electron chi connectivity index (χ0n) is 11.8. The lowest BCUT2D eigenvalue weighted by Gasteiger charge is -2.24. The number of carbonyl (C=O) groups is 1. The first-order valence-electron chi connectivity index (χ1n) is 8.36. The fraction of sp³-hybridized carbons (Fsp3) is 0.938. The first kappa shape index (κ1) is 12.2. The Morgan fingerprint density at radius 2 is 1.58 bits per heavy atom. The minimum Gasteiger partial charge on any atom is -0.341 e.